The summed E-state index contributed by atoms with van der Waals surface area (Å²) >= 11 is 0. The average Bonchev–Trinajstić information content (AvgIpc) is 2.26. The van der Waals surface area contributed by atoms with Crippen LogP contribution in [0.15, 0.2) is 6.07 Å². The molecule has 1 unspecified atom stereocenters. The van der Waals surface area contributed by atoms with E-state index in [2.05, 4.69) is 9.97 Å². The molecule has 0 amide bonds. The minimum atomic E-state index is -0.0837. The second kappa shape index (κ2) is 7.03. The lowest BCUT2D eigenvalue weighted by molar-refractivity contribution is 0.0628. The van der Waals surface area contributed by atoms with Crippen molar-refractivity contribution in [1.82, 2.24) is 9.97 Å². The summed E-state index contributed by atoms with van der Waals surface area (Å²) < 4.78 is 15.8. The molecule has 0 bridgehead atoms. The SMILES string of the molecule is CCOCC(C)Oc1cc(N)nc(COC)n1. The Balaban J connectivity index is 2.63. The van der Waals surface area contributed by atoms with Crippen molar-refractivity contribution < 1.29 is 14.2 Å². The van der Waals surface area contributed by atoms with Crippen LogP contribution in [0.1, 0.15) is 19.7 Å². The second-order valence-corrected chi connectivity index (χ2v) is 3.57. The lowest BCUT2D eigenvalue weighted by Gasteiger charge is -2.14. The van der Waals surface area contributed by atoms with Gasteiger partial charge in [0, 0.05) is 19.8 Å². The van der Waals surface area contributed by atoms with Crippen LogP contribution in [-0.2, 0) is 16.1 Å². The number of anilines is 1. The molecule has 0 aliphatic heterocycles. The molecule has 1 heterocycles. The molecular formula is C11H19N3O3. The van der Waals surface area contributed by atoms with Crippen molar-refractivity contribution in [2.75, 3.05) is 26.1 Å². The first-order valence-electron chi connectivity index (χ1n) is 5.52. The van der Waals surface area contributed by atoms with Crippen LogP contribution in [0.4, 0.5) is 5.82 Å². The molecule has 0 aromatic carbocycles. The number of nitrogen functional groups attached to an aromatic ring is 1. The molecule has 1 atom stereocenters. The van der Waals surface area contributed by atoms with Gasteiger partial charge in [0.1, 0.15) is 18.5 Å². The Morgan fingerprint density at radius 2 is 2.18 bits per heavy atom. The minimum absolute atomic E-state index is 0.0837. The Kier molecular flexibility index (Phi) is 5.65. The first kappa shape index (κ1) is 13.7. The fourth-order valence-electron chi connectivity index (χ4n) is 1.27. The van der Waals surface area contributed by atoms with Gasteiger partial charge in [-0.15, -0.1) is 0 Å². The molecule has 96 valence electrons. The van der Waals surface area contributed by atoms with Crippen LogP contribution in [0.2, 0.25) is 0 Å². The third-order valence-corrected chi connectivity index (χ3v) is 1.92. The fraction of sp³-hybridized carbons (Fsp3) is 0.636. The maximum atomic E-state index is 5.65. The smallest absolute Gasteiger partial charge is 0.219 e. The largest absolute Gasteiger partial charge is 0.472 e. The number of hydrogen-bond donors (Lipinski definition) is 1. The molecule has 6 nitrogen and oxygen atoms in total. The molecule has 0 aliphatic carbocycles. The predicted octanol–water partition coefficient (Wildman–Crippen LogP) is 1.01. The van der Waals surface area contributed by atoms with Crippen molar-refractivity contribution in [3.63, 3.8) is 0 Å². The molecule has 0 fully saturated rings. The van der Waals surface area contributed by atoms with Gasteiger partial charge in [-0.2, -0.15) is 4.98 Å². The maximum Gasteiger partial charge on any atom is 0.219 e. The van der Waals surface area contributed by atoms with Gasteiger partial charge in [-0.25, -0.2) is 4.98 Å². The molecule has 0 aliphatic rings. The van der Waals surface area contributed by atoms with Gasteiger partial charge in [-0.1, -0.05) is 0 Å². The van der Waals surface area contributed by atoms with E-state index in [9.17, 15) is 0 Å². The highest BCUT2D eigenvalue weighted by atomic mass is 16.5. The van der Waals surface area contributed by atoms with Gasteiger partial charge in [-0.3, -0.25) is 0 Å². The van der Waals surface area contributed by atoms with Crippen LogP contribution in [-0.4, -0.2) is 36.4 Å². The van der Waals surface area contributed by atoms with Gasteiger partial charge in [-0.05, 0) is 13.8 Å². The Hall–Kier alpha value is -1.40. The topological polar surface area (TPSA) is 79.5 Å². The Morgan fingerprint density at radius 3 is 2.82 bits per heavy atom. The van der Waals surface area contributed by atoms with Crippen LogP contribution in [0.25, 0.3) is 0 Å². The monoisotopic (exact) mass is 241 g/mol. The van der Waals surface area contributed by atoms with Crippen LogP contribution in [0.5, 0.6) is 5.88 Å². The molecule has 0 spiro atoms. The number of nitrogens with two attached hydrogens (primary N) is 1. The number of methoxy groups -OCH3 is 1. The quantitative estimate of drug-likeness (QED) is 0.767. The number of hydrogen-bond acceptors (Lipinski definition) is 6. The van der Waals surface area contributed by atoms with Gasteiger partial charge >= 0.3 is 0 Å². The normalized spacial score (nSPS) is 12.4. The zero-order chi connectivity index (χ0) is 12.7. The highest BCUT2D eigenvalue weighted by Crippen LogP contribution is 2.13. The molecule has 1 aromatic heterocycles. The van der Waals surface area contributed by atoms with E-state index in [1.807, 2.05) is 13.8 Å². The summed E-state index contributed by atoms with van der Waals surface area (Å²) in [5.41, 5.74) is 5.65. The fourth-order valence-corrected chi connectivity index (χ4v) is 1.27. The van der Waals surface area contributed by atoms with Crippen molar-refractivity contribution in [3.8, 4) is 5.88 Å². The summed E-state index contributed by atoms with van der Waals surface area (Å²) in [5, 5.41) is 0. The maximum absolute atomic E-state index is 5.65. The summed E-state index contributed by atoms with van der Waals surface area (Å²) in [6, 6.07) is 1.58. The standard InChI is InChI=1S/C11H19N3O3/c1-4-16-6-8(2)17-11-5-9(12)13-10(14-11)7-15-3/h5,8H,4,6-7H2,1-3H3,(H2,12,13,14). The van der Waals surface area contributed by atoms with E-state index in [4.69, 9.17) is 19.9 Å². The van der Waals surface area contributed by atoms with Crippen LogP contribution in [0, 0.1) is 0 Å². The molecule has 1 aromatic rings. The van der Waals surface area contributed by atoms with Gasteiger partial charge in [0.25, 0.3) is 0 Å². The lowest BCUT2D eigenvalue weighted by Crippen LogP contribution is -2.20. The van der Waals surface area contributed by atoms with E-state index >= 15 is 0 Å². The van der Waals surface area contributed by atoms with Gasteiger partial charge in [0.15, 0.2) is 5.82 Å². The highest BCUT2D eigenvalue weighted by Gasteiger charge is 2.08. The molecule has 0 saturated heterocycles. The number of rotatable bonds is 7. The van der Waals surface area contributed by atoms with E-state index in [-0.39, 0.29) is 6.10 Å². The van der Waals surface area contributed by atoms with Crippen molar-refractivity contribution in [2.45, 2.75) is 26.6 Å². The molecule has 0 saturated carbocycles. The van der Waals surface area contributed by atoms with Crippen LogP contribution < -0.4 is 10.5 Å². The molecule has 2 N–H and O–H groups in total. The van der Waals surface area contributed by atoms with Gasteiger partial charge in [0.05, 0.1) is 6.61 Å². The zero-order valence-corrected chi connectivity index (χ0v) is 10.5. The number of nitrogens with zero attached hydrogens (tertiary/aromatic N) is 2. The van der Waals surface area contributed by atoms with E-state index in [1.165, 1.54) is 0 Å². The van der Waals surface area contributed by atoms with Gasteiger partial charge < -0.3 is 19.9 Å². The van der Waals surface area contributed by atoms with Crippen LogP contribution in [0.3, 0.4) is 0 Å². The summed E-state index contributed by atoms with van der Waals surface area (Å²) in [4.78, 5) is 8.20. The van der Waals surface area contributed by atoms with E-state index < -0.39 is 0 Å². The highest BCUT2D eigenvalue weighted by molar-refractivity contribution is 5.32. The van der Waals surface area contributed by atoms with Gasteiger partial charge in [0.2, 0.25) is 5.88 Å². The third-order valence-electron chi connectivity index (χ3n) is 1.92. The summed E-state index contributed by atoms with van der Waals surface area (Å²) in [5.74, 6) is 1.31. The van der Waals surface area contributed by atoms with E-state index in [0.29, 0.717) is 37.3 Å². The molecule has 1 rings (SSSR count). The summed E-state index contributed by atoms with van der Waals surface area (Å²) in [6.07, 6.45) is -0.0837. The third kappa shape index (κ3) is 4.97. The summed E-state index contributed by atoms with van der Waals surface area (Å²) in [6.45, 7) is 5.33. The lowest BCUT2D eigenvalue weighted by atomic mass is 10.4. The Labute approximate surface area is 101 Å². The second-order valence-electron chi connectivity index (χ2n) is 3.57. The number of aromatic nitrogens is 2. The van der Waals surface area contributed by atoms with E-state index in [0.717, 1.165) is 0 Å². The first-order valence-corrected chi connectivity index (χ1v) is 5.52. The van der Waals surface area contributed by atoms with E-state index in [1.54, 1.807) is 13.2 Å². The minimum Gasteiger partial charge on any atom is -0.472 e. The van der Waals surface area contributed by atoms with Crippen LogP contribution >= 0.6 is 0 Å². The first-order chi connectivity index (χ1) is 8.15. The molecule has 0 radical (unpaired) electrons. The molecule has 6 heteroatoms. The average molecular weight is 241 g/mol. The molecular weight excluding hydrogens is 222 g/mol. The van der Waals surface area contributed by atoms with Crippen molar-refractivity contribution in [2.24, 2.45) is 0 Å². The Bertz CT molecular complexity index is 347. The predicted molar refractivity (Wildman–Crippen MR) is 63.7 cm³/mol. The van der Waals surface area contributed by atoms with Crippen molar-refractivity contribution in [1.29, 1.82) is 0 Å². The molecule has 17 heavy (non-hydrogen) atoms. The zero-order valence-electron chi connectivity index (χ0n) is 10.5. The summed E-state index contributed by atoms with van der Waals surface area (Å²) in [7, 11) is 1.57. The van der Waals surface area contributed by atoms with Crippen molar-refractivity contribution in [3.05, 3.63) is 11.9 Å². The number of ether oxygens (including phenoxy) is 3. The Morgan fingerprint density at radius 1 is 1.41 bits per heavy atom. The van der Waals surface area contributed by atoms with Crippen molar-refractivity contribution >= 4 is 5.82 Å².